The maximum Gasteiger partial charge on any atom is 0.122 e. The molecule has 1 atom stereocenters. The quantitative estimate of drug-likeness (QED) is 0.787. The Bertz CT molecular complexity index is 394. The highest BCUT2D eigenvalue weighted by atomic mass is 16.5. The van der Waals surface area contributed by atoms with Gasteiger partial charge in [-0.25, -0.2) is 0 Å². The van der Waals surface area contributed by atoms with Crippen molar-refractivity contribution >= 4 is 11.4 Å². The fourth-order valence-electron chi connectivity index (χ4n) is 2.41. The van der Waals surface area contributed by atoms with Crippen molar-refractivity contribution in [2.24, 2.45) is 0 Å². The average molecular weight is 235 g/mol. The zero-order chi connectivity index (χ0) is 12.4. The number of methoxy groups -OCH3 is 1. The first-order chi connectivity index (χ1) is 8.10. The minimum Gasteiger partial charge on any atom is -0.497 e. The van der Waals surface area contributed by atoms with Gasteiger partial charge in [0.2, 0.25) is 0 Å². The molecule has 4 heteroatoms. The summed E-state index contributed by atoms with van der Waals surface area (Å²) in [5.41, 5.74) is 7.81. The van der Waals surface area contributed by atoms with Crippen LogP contribution in [0.5, 0.6) is 5.75 Å². The van der Waals surface area contributed by atoms with Crippen LogP contribution >= 0.6 is 0 Å². The Kier molecular flexibility index (Phi) is 3.43. The lowest BCUT2D eigenvalue weighted by atomic mass is 10.1. The van der Waals surface area contributed by atoms with Crippen LogP contribution in [-0.2, 0) is 0 Å². The first-order valence-corrected chi connectivity index (χ1v) is 6.00. The van der Waals surface area contributed by atoms with Gasteiger partial charge in [0.25, 0.3) is 0 Å². The van der Waals surface area contributed by atoms with Gasteiger partial charge in [0, 0.05) is 49.2 Å². The van der Waals surface area contributed by atoms with Crippen LogP contribution in [0.15, 0.2) is 18.2 Å². The number of benzene rings is 1. The molecular weight excluding hydrogens is 214 g/mol. The number of anilines is 2. The second-order valence-electron chi connectivity index (χ2n) is 4.77. The van der Waals surface area contributed by atoms with E-state index in [0.717, 1.165) is 36.8 Å². The lowest BCUT2D eigenvalue weighted by Gasteiger charge is -2.40. The Hall–Kier alpha value is -1.42. The molecule has 0 amide bonds. The second-order valence-corrected chi connectivity index (χ2v) is 4.77. The number of piperazine rings is 1. The maximum absolute atomic E-state index is 5.90. The van der Waals surface area contributed by atoms with Crippen molar-refractivity contribution in [3.05, 3.63) is 18.2 Å². The molecule has 0 saturated carbocycles. The summed E-state index contributed by atoms with van der Waals surface area (Å²) in [6, 6.07) is 6.42. The van der Waals surface area contributed by atoms with E-state index < -0.39 is 0 Å². The van der Waals surface area contributed by atoms with Crippen LogP contribution in [0.2, 0.25) is 0 Å². The van der Waals surface area contributed by atoms with Gasteiger partial charge in [-0.15, -0.1) is 0 Å². The van der Waals surface area contributed by atoms with E-state index in [0.29, 0.717) is 6.04 Å². The minimum atomic E-state index is 0.500. The van der Waals surface area contributed by atoms with Gasteiger partial charge in [0.05, 0.1) is 7.11 Å². The van der Waals surface area contributed by atoms with Crippen LogP contribution in [0, 0.1) is 0 Å². The molecule has 1 saturated heterocycles. The van der Waals surface area contributed by atoms with E-state index in [9.17, 15) is 0 Å². The van der Waals surface area contributed by atoms with Crippen LogP contribution in [-0.4, -0.2) is 44.7 Å². The molecule has 0 aliphatic carbocycles. The molecule has 94 valence electrons. The van der Waals surface area contributed by atoms with Crippen molar-refractivity contribution < 1.29 is 4.74 Å². The second kappa shape index (κ2) is 4.84. The van der Waals surface area contributed by atoms with Crippen molar-refractivity contribution in [2.75, 3.05) is 44.4 Å². The number of nitrogens with two attached hydrogens (primary N) is 1. The first-order valence-electron chi connectivity index (χ1n) is 6.00. The average Bonchev–Trinajstić information content (AvgIpc) is 2.28. The predicted octanol–water partition coefficient (Wildman–Crippen LogP) is 1.42. The Labute approximate surface area is 103 Å². The summed E-state index contributed by atoms with van der Waals surface area (Å²) in [7, 11) is 3.83. The van der Waals surface area contributed by atoms with E-state index in [2.05, 4.69) is 29.8 Å². The highest BCUT2D eigenvalue weighted by molar-refractivity contribution is 5.61. The summed E-state index contributed by atoms with van der Waals surface area (Å²) < 4.78 is 5.27. The van der Waals surface area contributed by atoms with Crippen molar-refractivity contribution in [1.29, 1.82) is 0 Å². The molecule has 0 aromatic heterocycles. The van der Waals surface area contributed by atoms with Crippen molar-refractivity contribution in [3.8, 4) is 5.75 Å². The number of hydrogen-bond donors (Lipinski definition) is 1. The Morgan fingerprint density at radius 1 is 1.29 bits per heavy atom. The fraction of sp³-hybridized carbons (Fsp3) is 0.538. The normalized spacial score (nSPS) is 21.6. The summed E-state index contributed by atoms with van der Waals surface area (Å²) in [5, 5.41) is 0. The third kappa shape index (κ3) is 2.64. The lowest BCUT2D eigenvalue weighted by Crippen LogP contribution is -2.50. The van der Waals surface area contributed by atoms with Crippen molar-refractivity contribution in [3.63, 3.8) is 0 Å². The lowest BCUT2D eigenvalue weighted by molar-refractivity contribution is 0.275. The standard InChI is InChI=1S/C13H21N3O/c1-10-9-15(2)4-5-16(10)12-6-11(14)7-13(8-12)17-3/h6-8,10H,4-5,9,14H2,1-3H3. The molecule has 2 rings (SSSR count). The van der Waals surface area contributed by atoms with Crippen LogP contribution in [0.1, 0.15) is 6.92 Å². The third-order valence-corrected chi connectivity index (χ3v) is 3.31. The molecule has 2 N–H and O–H groups in total. The molecule has 0 bridgehead atoms. The molecule has 1 aromatic rings. The number of nitrogens with zero attached hydrogens (tertiary/aromatic N) is 2. The molecule has 4 nitrogen and oxygen atoms in total. The van der Waals surface area contributed by atoms with Crippen LogP contribution in [0.4, 0.5) is 11.4 Å². The highest BCUT2D eigenvalue weighted by Gasteiger charge is 2.22. The van der Waals surface area contributed by atoms with E-state index in [1.54, 1.807) is 7.11 Å². The molecule has 1 fully saturated rings. The number of likely N-dealkylation sites (N-methyl/N-ethyl adjacent to an activating group) is 1. The van der Waals surface area contributed by atoms with Crippen molar-refractivity contribution in [1.82, 2.24) is 4.90 Å². The van der Waals surface area contributed by atoms with Crippen LogP contribution in [0.3, 0.4) is 0 Å². The largest absolute Gasteiger partial charge is 0.497 e. The van der Waals surface area contributed by atoms with Gasteiger partial charge in [-0.1, -0.05) is 0 Å². The van der Waals surface area contributed by atoms with Crippen LogP contribution < -0.4 is 15.4 Å². The Morgan fingerprint density at radius 2 is 2.06 bits per heavy atom. The first kappa shape index (κ1) is 12.0. The van der Waals surface area contributed by atoms with E-state index in [1.165, 1.54) is 0 Å². The summed E-state index contributed by atoms with van der Waals surface area (Å²) in [6.45, 7) is 5.44. The Morgan fingerprint density at radius 3 is 2.71 bits per heavy atom. The Balaban J connectivity index is 2.24. The molecule has 1 heterocycles. The number of nitrogen functional groups attached to an aromatic ring is 1. The van der Waals surface area contributed by atoms with Crippen molar-refractivity contribution in [2.45, 2.75) is 13.0 Å². The predicted molar refractivity (Wildman–Crippen MR) is 71.7 cm³/mol. The highest BCUT2D eigenvalue weighted by Crippen LogP contribution is 2.27. The molecule has 1 aromatic carbocycles. The minimum absolute atomic E-state index is 0.500. The molecule has 0 spiro atoms. The topological polar surface area (TPSA) is 41.7 Å². The molecule has 1 unspecified atom stereocenters. The summed E-state index contributed by atoms with van der Waals surface area (Å²) in [5.74, 6) is 0.825. The zero-order valence-electron chi connectivity index (χ0n) is 10.8. The van der Waals surface area contributed by atoms with Gasteiger partial charge < -0.3 is 20.3 Å². The summed E-state index contributed by atoms with van der Waals surface area (Å²) >= 11 is 0. The molecular formula is C13H21N3O. The molecule has 0 radical (unpaired) electrons. The number of ether oxygens (including phenoxy) is 1. The summed E-state index contributed by atoms with van der Waals surface area (Å²) in [6.07, 6.45) is 0. The van der Waals surface area contributed by atoms with Gasteiger partial charge in [0.1, 0.15) is 5.75 Å². The zero-order valence-corrected chi connectivity index (χ0v) is 10.8. The molecule has 1 aliphatic rings. The maximum atomic E-state index is 5.90. The van der Waals surface area contributed by atoms with E-state index >= 15 is 0 Å². The monoisotopic (exact) mass is 235 g/mol. The van der Waals surface area contributed by atoms with E-state index in [1.807, 2.05) is 12.1 Å². The van der Waals surface area contributed by atoms with Gasteiger partial charge in [-0.05, 0) is 20.0 Å². The van der Waals surface area contributed by atoms with Gasteiger partial charge in [-0.3, -0.25) is 0 Å². The molecule has 1 aliphatic heterocycles. The number of hydrogen-bond acceptors (Lipinski definition) is 4. The fourth-order valence-corrected chi connectivity index (χ4v) is 2.41. The summed E-state index contributed by atoms with van der Waals surface area (Å²) in [4.78, 5) is 4.74. The third-order valence-electron chi connectivity index (χ3n) is 3.31. The number of rotatable bonds is 2. The smallest absolute Gasteiger partial charge is 0.122 e. The van der Waals surface area contributed by atoms with Crippen LogP contribution in [0.25, 0.3) is 0 Å². The van der Waals surface area contributed by atoms with E-state index in [4.69, 9.17) is 10.5 Å². The molecule has 17 heavy (non-hydrogen) atoms. The SMILES string of the molecule is COc1cc(N)cc(N2CCN(C)CC2C)c1. The van der Waals surface area contributed by atoms with Gasteiger partial charge in [-0.2, -0.15) is 0 Å². The van der Waals surface area contributed by atoms with Gasteiger partial charge in [0.15, 0.2) is 0 Å². The van der Waals surface area contributed by atoms with Gasteiger partial charge >= 0.3 is 0 Å². The van der Waals surface area contributed by atoms with E-state index in [-0.39, 0.29) is 0 Å².